The minimum atomic E-state index is -0.211. The van der Waals surface area contributed by atoms with Crippen LogP contribution >= 0.6 is 0 Å². The second kappa shape index (κ2) is 7.17. The third-order valence-electron chi connectivity index (χ3n) is 3.03. The van der Waals surface area contributed by atoms with Gasteiger partial charge in [-0.3, -0.25) is 4.79 Å². The Morgan fingerprint density at radius 3 is 2.39 bits per heavy atom. The van der Waals surface area contributed by atoms with Crippen LogP contribution in [0.25, 0.3) is 0 Å². The zero-order valence-electron chi connectivity index (χ0n) is 11.6. The first-order valence-corrected chi connectivity index (χ1v) is 6.66. The molecule has 100 valence electrons. The Balaban J connectivity index is 2.63. The Kier molecular flexibility index (Phi) is 5.86. The smallest absolute Gasteiger partial charge is 0.224 e. The van der Waals surface area contributed by atoms with Gasteiger partial charge in [0.05, 0.1) is 0 Å². The van der Waals surface area contributed by atoms with Gasteiger partial charge in [0.1, 0.15) is 0 Å². The van der Waals surface area contributed by atoms with E-state index in [0.29, 0.717) is 6.42 Å². The summed E-state index contributed by atoms with van der Waals surface area (Å²) in [5.74, 6) is 0.142. The molecule has 0 aliphatic rings. The van der Waals surface area contributed by atoms with E-state index in [0.717, 1.165) is 18.5 Å². The van der Waals surface area contributed by atoms with Crippen LogP contribution < -0.4 is 5.73 Å². The second-order valence-corrected chi connectivity index (χ2v) is 4.90. The summed E-state index contributed by atoms with van der Waals surface area (Å²) in [5.41, 5.74) is 7.10. The molecule has 0 aliphatic heterocycles. The number of nitrogens with zero attached hydrogens (tertiary/aromatic N) is 1. The molecule has 1 aromatic rings. The Morgan fingerprint density at radius 2 is 1.89 bits per heavy atom. The summed E-state index contributed by atoms with van der Waals surface area (Å²) >= 11 is 0. The maximum Gasteiger partial charge on any atom is 0.224 e. The fourth-order valence-electron chi connectivity index (χ4n) is 2.04. The first-order valence-electron chi connectivity index (χ1n) is 6.66. The van der Waals surface area contributed by atoms with Crippen molar-refractivity contribution in [1.82, 2.24) is 4.90 Å². The van der Waals surface area contributed by atoms with Crippen molar-refractivity contribution in [3.63, 3.8) is 0 Å². The van der Waals surface area contributed by atoms with Gasteiger partial charge in [0, 0.05) is 25.0 Å². The number of rotatable bonds is 6. The summed E-state index contributed by atoms with van der Waals surface area (Å²) in [6.07, 6.45) is 1.35. The highest BCUT2D eigenvalue weighted by Crippen LogP contribution is 2.15. The van der Waals surface area contributed by atoms with E-state index < -0.39 is 0 Å². The minimum Gasteiger partial charge on any atom is -0.340 e. The molecule has 3 nitrogen and oxygen atoms in total. The van der Waals surface area contributed by atoms with Crippen molar-refractivity contribution in [3.8, 4) is 0 Å². The van der Waals surface area contributed by atoms with Crippen molar-refractivity contribution in [3.05, 3.63) is 35.9 Å². The highest BCUT2D eigenvalue weighted by atomic mass is 16.2. The molecule has 0 fully saturated rings. The van der Waals surface area contributed by atoms with E-state index in [-0.39, 0.29) is 18.0 Å². The molecule has 0 bridgehead atoms. The fourth-order valence-corrected chi connectivity index (χ4v) is 2.04. The van der Waals surface area contributed by atoms with Crippen LogP contribution in [0, 0.1) is 0 Å². The lowest BCUT2D eigenvalue weighted by Gasteiger charge is -2.27. The SMILES string of the molecule is CCCN(C(=O)CC(N)c1ccccc1)C(C)C. The first kappa shape index (κ1) is 14.7. The van der Waals surface area contributed by atoms with E-state index >= 15 is 0 Å². The Labute approximate surface area is 110 Å². The van der Waals surface area contributed by atoms with Crippen LogP contribution in [0.15, 0.2) is 30.3 Å². The van der Waals surface area contributed by atoms with Gasteiger partial charge in [-0.25, -0.2) is 0 Å². The van der Waals surface area contributed by atoms with Crippen LogP contribution in [0.5, 0.6) is 0 Å². The number of hydrogen-bond donors (Lipinski definition) is 1. The highest BCUT2D eigenvalue weighted by molar-refractivity contribution is 5.77. The largest absolute Gasteiger partial charge is 0.340 e. The zero-order chi connectivity index (χ0) is 13.5. The van der Waals surface area contributed by atoms with Gasteiger partial charge in [0.25, 0.3) is 0 Å². The summed E-state index contributed by atoms with van der Waals surface area (Å²) in [6.45, 7) is 6.97. The van der Waals surface area contributed by atoms with Gasteiger partial charge in [-0.15, -0.1) is 0 Å². The number of carbonyl (C=O) groups excluding carboxylic acids is 1. The van der Waals surface area contributed by atoms with Gasteiger partial charge in [0.15, 0.2) is 0 Å². The van der Waals surface area contributed by atoms with Gasteiger partial charge in [-0.1, -0.05) is 37.3 Å². The summed E-state index contributed by atoms with van der Waals surface area (Å²) < 4.78 is 0. The minimum absolute atomic E-state index is 0.142. The molecule has 1 aromatic carbocycles. The van der Waals surface area contributed by atoms with Crippen molar-refractivity contribution in [2.45, 2.75) is 45.7 Å². The number of hydrogen-bond acceptors (Lipinski definition) is 2. The molecule has 0 aromatic heterocycles. The van der Waals surface area contributed by atoms with E-state index in [4.69, 9.17) is 5.73 Å². The Hall–Kier alpha value is -1.35. The Morgan fingerprint density at radius 1 is 1.28 bits per heavy atom. The van der Waals surface area contributed by atoms with Crippen molar-refractivity contribution in [1.29, 1.82) is 0 Å². The quantitative estimate of drug-likeness (QED) is 0.841. The van der Waals surface area contributed by atoms with Crippen molar-refractivity contribution in [2.24, 2.45) is 5.73 Å². The van der Waals surface area contributed by atoms with Gasteiger partial charge < -0.3 is 10.6 Å². The molecule has 1 rings (SSSR count). The van der Waals surface area contributed by atoms with Crippen LogP contribution in [0.4, 0.5) is 0 Å². The van der Waals surface area contributed by atoms with E-state index in [9.17, 15) is 4.79 Å². The standard InChI is InChI=1S/C15H24N2O/c1-4-10-17(12(2)3)15(18)11-14(16)13-8-6-5-7-9-13/h5-9,12,14H,4,10-11,16H2,1-3H3. The van der Waals surface area contributed by atoms with Gasteiger partial charge in [-0.05, 0) is 25.8 Å². The van der Waals surface area contributed by atoms with Crippen LogP contribution in [0.2, 0.25) is 0 Å². The Bertz CT molecular complexity index is 362. The lowest BCUT2D eigenvalue weighted by molar-refractivity contribution is -0.133. The molecule has 1 atom stereocenters. The maximum atomic E-state index is 12.2. The average molecular weight is 248 g/mol. The second-order valence-electron chi connectivity index (χ2n) is 4.90. The van der Waals surface area contributed by atoms with E-state index in [2.05, 4.69) is 6.92 Å². The zero-order valence-corrected chi connectivity index (χ0v) is 11.6. The maximum absolute atomic E-state index is 12.2. The van der Waals surface area contributed by atoms with Crippen LogP contribution in [-0.2, 0) is 4.79 Å². The molecular formula is C15H24N2O. The predicted octanol–water partition coefficient (Wildman–Crippen LogP) is 2.72. The monoisotopic (exact) mass is 248 g/mol. The van der Waals surface area contributed by atoms with Crippen LogP contribution in [-0.4, -0.2) is 23.4 Å². The molecule has 0 radical (unpaired) electrons. The third-order valence-corrected chi connectivity index (χ3v) is 3.03. The van der Waals surface area contributed by atoms with Crippen LogP contribution in [0.3, 0.4) is 0 Å². The highest BCUT2D eigenvalue weighted by Gasteiger charge is 2.19. The molecule has 0 heterocycles. The first-order chi connectivity index (χ1) is 8.56. The molecule has 2 N–H and O–H groups in total. The molecule has 18 heavy (non-hydrogen) atoms. The van der Waals surface area contributed by atoms with E-state index in [1.165, 1.54) is 0 Å². The van der Waals surface area contributed by atoms with Gasteiger partial charge in [0.2, 0.25) is 5.91 Å². The predicted molar refractivity (Wildman–Crippen MR) is 75.1 cm³/mol. The third kappa shape index (κ3) is 4.15. The van der Waals surface area contributed by atoms with E-state index in [1.54, 1.807) is 0 Å². The molecule has 1 amide bonds. The molecular weight excluding hydrogens is 224 g/mol. The summed E-state index contributed by atoms with van der Waals surface area (Å²) in [7, 11) is 0. The molecule has 3 heteroatoms. The van der Waals surface area contributed by atoms with Crippen LogP contribution in [0.1, 0.15) is 45.2 Å². The topological polar surface area (TPSA) is 46.3 Å². The summed E-state index contributed by atoms with van der Waals surface area (Å²) in [4.78, 5) is 14.1. The van der Waals surface area contributed by atoms with Crippen molar-refractivity contribution in [2.75, 3.05) is 6.54 Å². The van der Waals surface area contributed by atoms with E-state index in [1.807, 2.05) is 49.1 Å². The van der Waals surface area contributed by atoms with Crippen molar-refractivity contribution >= 4 is 5.91 Å². The number of carbonyl (C=O) groups is 1. The number of amides is 1. The number of benzene rings is 1. The summed E-state index contributed by atoms with van der Waals surface area (Å²) in [5, 5.41) is 0. The molecule has 1 unspecified atom stereocenters. The normalized spacial score (nSPS) is 12.5. The fraction of sp³-hybridized carbons (Fsp3) is 0.533. The van der Waals surface area contributed by atoms with Gasteiger partial charge in [-0.2, -0.15) is 0 Å². The number of nitrogens with two attached hydrogens (primary N) is 1. The lowest BCUT2D eigenvalue weighted by Crippen LogP contribution is -2.38. The average Bonchev–Trinajstić information content (AvgIpc) is 2.36. The molecule has 0 saturated carbocycles. The summed E-state index contributed by atoms with van der Waals surface area (Å²) in [6, 6.07) is 9.82. The molecule has 0 saturated heterocycles. The lowest BCUT2D eigenvalue weighted by atomic mass is 10.0. The molecule has 0 spiro atoms. The molecule has 0 aliphatic carbocycles. The van der Waals surface area contributed by atoms with Crippen molar-refractivity contribution < 1.29 is 4.79 Å². The van der Waals surface area contributed by atoms with Gasteiger partial charge >= 0.3 is 0 Å².